The van der Waals surface area contributed by atoms with Gasteiger partial charge in [-0.2, -0.15) is 0 Å². The molecule has 0 spiro atoms. The largest absolute Gasteiger partial charge is 0.447 e. The summed E-state index contributed by atoms with van der Waals surface area (Å²) in [6, 6.07) is 0. The van der Waals surface area contributed by atoms with E-state index in [1.807, 2.05) is 0 Å². The number of carbonyl (C=O) groups is 1. The molecule has 0 aromatic carbocycles. The molecule has 0 saturated carbocycles. The van der Waals surface area contributed by atoms with Crippen LogP contribution in [0.15, 0.2) is 12.2 Å². The number of nitrogens with two attached hydrogens (primary N) is 1. The lowest BCUT2D eigenvalue weighted by Crippen LogP contribution is -2.21. The summed E-state index contributed by atoms with van der Waals surface area (Å²) >= 11 is 0. The average Bonchev–Trinajstić information content (AvgIpc) is 2.02. The normalized spacial score (nSPS) is 12.3. The van der Waals surface area contributed by atoms with E-state index in [0.717, 1.165) is 0 Å². The molecule has 0 amide bonds. The number of hydrogen-bond donors (Lipinski definition) is 2. The van der Waals surface area contributed by atoms with Crippen molar-refractivity contribution in [2.45, 2.75) is 19.4 Å². The van der Waals surface area contributed by atoms with E-state index in [0.29, 0.717) is 6.42 Å². The van der Waals surface area contributed by atoms with E-state index in [2.05, 4.69) is 11.3 Å². The van der Waals surface area contributed by atoms with E-state index < -0.39 is 12.1 Å². The number of rotatable bonds is 4. The highest BCUT2D eigenvalue weighted by Crippen LogP contribution is 2.04. The van der Waals surface area contributed by atoms with Crippen LogP contribution in [0.5, 0.6) is 0 Å². The van der Waals surface area contributed by atoms with Crippen molar-refractivity contribution in [3.63, 3.8) is 0 Å². The Kier molecular flexibility index (Phi) is 4.49. The standard InChI is InChI=1S/C7H13NO3/c1-3-6(9)5(2)7(10)11-4-8/h6,9H,2-4,8H2,1H3. The molecule has 3 N–H and O–H groups in total. The Balaban J connectivity index is 3.92. The minimum Gasteiger partial charge on any atom is -0.447 e. The first-order valence-electron chi connectivity index (χ1n) is 3.37. The lowest BCUT2D eigenvalue weighted by Gasteiger charge is -2.09. The Hall–Kier alpha value is -0.870. The summed E-state index contributed by atoms with van der Waals surface area (Å²) in [5, 5.41) is 9.08. The van der Waals surface area contributed by atoms with Gasteiger partial charge >= 0.3 is 5.97 Å². The molecule has 0 aliphatic heterocycles. The first-order valence-corrected chi connectivity index (χ1v) is 3.37. The van der Waals surface area contributed by atoms with E-state index in [1.54, 1.807) is 6.92 Å². The highest BCUT2D eigenvalue weighted by Gasteiger charge is 2.14. The van der Waals surface area contributed by atoms with Crippen LogP contribution in [0.25, 0.3) is 0 Å². The number of hydrogen-bond acceptors (Lipinski definition) is 4. The maximum Gasteiger partial charge on any atom is 0.337 e. The van der Waals surface area contributed by atoms with Gasteiger partial charge in [-0.1, -0.05) is 13.5 Å². The first-order chi connectivity index (χ1) is 5.13. The van der Waals surface area contributed by atoms with Gasteiger partial charge in [0.25, 0.3) is 0 Å². The van der Waals surface area contributed by atoms with Gasteiger partial charge in [-0.05, 0) is 6.42 Å². The van der Waals surface area contributed by atoms with Gasteiger partial charge in [-0.25, -0.2) is 4.79 Å². The number of esters is 1. The van der Waals surface area contributed by atoms with Crippen LogP contribution in [0.4, 0.5) is 0 Å². The van der Waals surface area contributed by atoms with Gasteiger partial charge in [-0.3, -0.25) is 5.73 Å². The second-order valence-electron chi connectivity index (χ2n) is 2.05. The highest BCUT2D eigenvalue weighted by atomic mass is 16.5. The van der Waals surface area contributed by atoms with E-state index in [-0.39, 0.29) is 12.3 Å². The summed E-state index contributed by atoms with van der Waals surface area (Å²) in [6.45, 7) is 4.92. The van der Waals surface area contributed by atoms with Crippen LogP contribution in [0, 0.1) is 0 Å². The first kappa shape index (κ1) is 10.1. The van der Waals surface area contributed by atoms with Crippen LogP contribution in [-0.2, 0) is 9.53 Å². The fraction of sp³-hybridized carbons (Fsp3) is 0.571. The predicted octanol–water partition coefficient (Wildman–Crippen LogP) is -0.227. The third-order valence-corrected chi connectivity index (χ3v) is 1.27. The number of aliphatic hydroxyl groups is 1. The van der Waals surface area contributed by atoms with Crippen molar-refractivity contribution in [1.82, 2.24) is 0 Å². The summed E-state index contributed by atoms with van der Waals surface area (Å²) in [6.07, 6.45) is -0.382. The van der Waals surface area contributed by atoms with Crippen molar-refractivity contribution >= 4 is 5.97 Å². The predicted molar refractivity (Wildman–Crippen MR) is 40.6 cm³/mol. The van der Waals surface area contributed by atoms with Gasteiger partial charge < -0.3 is 9.84 Å². The average molecular weight is 159 g/mol. The molecule has 0 rings (SSSR count). The minimum atomic E-state index is -0.825. The van der Waals surface area contributed by atoms with E-state index in [1.165, 1.54) is 0 Å². The van der Waals surface area contributed by atoms with Crippen LogP contribution in [0.2, 0.25) is 0 Å². The zero-order valence-electron chi connectivity index (χ0n) is 6.54. The van der Waals surface area contributed by atoms with Crippen molar-refractivity contribution in [2.75, 3.05) is 6.73 Å². The quantitative estimate of drug-likeness (QED) is 0.338. The molecule has 4 nitrogen and oxygen atoms in total. The molecule has 1 atom stereocenters. The minimum absolute atomic E-state index is 0.0537. The molecule has 0 bridgehead atoms. The fourth-order valence-electron chi connectivity index (χ4n) is 0.551. The second-order valence-corrected chi connectivity index (χ2v) is 2.05. The third kappa shape index (κ3) is 3.15. The van der Waals surface area contributed by atoms with Crippen molar-refractivity contribution in [1.29, 1.82) is 0 Å². The Labute approximate surface area is 65.6 Å². The number of carbonyl (C=O) groups excluding carboxylic acids is 1. The maximum absolute atomic E-state index is 10.8. The molecular formula is C7H13NO3. The summed E-state index contributed by atoms with van der Waals surface area (Å²) in [4.78, 5) is 10.8. The lowest BCUT2D eigenvalue weighted by molar-refractivity contribution is -0.139. The Morgan fingerprint density at radius 2 is 2.36 bits per heavy atom. The zero-order valence-corrected chi connectivity index (χ0v) is 6.54. The molecule has 1 unspecified atom stereocenters. The SMILES string of the molecule is C=C(C(=O)OCN)C(O)CC. The molecule has 0 heterocycles. The van der Waals surface area contributed by atoms with E-state index >= 15 is 0 Å². The van der Waals surface area contributed by atoms with Crippen LogP contribution < -0.4 is 5.73 Å². The summed E-state index contributed by atoms with van der Waals surface area (Å²) in [5.74, 6) is -0.637. The molecule has 11 heavy (non-hydrogen) atoms. The van der Waals surface area contributed by atoms with Crippen LogP contribution in [0.3, 0.4) is 0 Å². The lowest BCUT2D eigenvalue weighted by atomic mass is 10.1. The zero-order chi connectivity index (χ0) is 8.85. The van der Waals surface area contributed by atoms with Gasteiger partial charge in [0.15, 0.2) is 0 Å². The van der Waals surface area contributed by atoms with Gasteiger partial charge in [0.2, 0.25) is 0 Å². The number of aliphatic hydroxyl groups excluding tert-OH is 1. The van der Waals surface area contributed by atoms with Gasteiger partial charge in [0.1, 0.15) is 6.73 Å². The van der Waals surface area contributed by atoms with Gasteiger partial charge in [0, 0.05) is 0 Å². The Morgan fingerprint density at radius 1 is 1.82 bits per heavy atom. The van der Waals surface area contributed by atoms with Crippen LogP contribution in [0.1, 0.15) is 13.3 Å². The smallest absolute Gasteiger partial charge is 0.337 e. The maximum atomic E-state index is 10.8. The van der Waals surface area contributed by atoms with Gasteiger partial charge in [-0.15, -0.1) is 0 Å². The molecule has 0 fully saturated rings. The number of ether oxygens (including phenoxy) is 1. The van der Waals surface area contributed by atoms with Crippen molar-refractivity contribution in [3.05, 3.63) is 12.2 Å². The molecule has 4 heteroatoms. The molecule has 0 aromatic heterocycles. The molecule has 0 radical (unpaired) electrons. The summed E-state index contributed by atoms with van der Waals surface area (Å²) in [7, 11) is 0. The van der Waals surface area contributed by atoms with Crippen molar-refractivity contribution < 1.29 is 14.6 Å². The molecular weight excluding hydrogens is 146 g/mol. The monoisotopic (exact) mass is 159 g/mol. The van der Waals surface area contributed by atoms with E-state index in [4.69, 9.17) is 10.8 Å². The van der Waals surface area contributed by atoms with Crippen LogP contribution >= 0.6 is 0 Å². The topological polar surface area (TPSA) is 72.5 Å². The Morgan fingerprint density at radius 3 is 2.73 bits per heavy atom. The summed E-state index contributed by atoms with van der Waals surface area (Å²) in [5.41, 5.74) is 5.00. The molecule has 0 aliphatic rings. The third-order valence-electron chi connectivity index (χ3n) is 1.27. The highest BCUT2D eigenvalue weighted by molar-refractivity contribution is 5.88. The van der Waals surface area contributed by atoms with E-state index in [9.17, 15) is 4.79 Å². The Bertz CT molecular complexity index is 156. The second kappa shape index (κ2) is 4.87. The molecule has 0 aromatic rings. The van der Waals surface area contributed by atoms with Gasteiger partial charge in [0.05, 0.1) is 11.7 Å². The van der Waals surface area contributed by atoms with Crippen molar-refractivity contribution in [2.24, 2.45) is 5.73 Å². The summed E-state index contributed by atoms with van der Waals surface area (Å²) < 4.78 is 4.41. The molecule has 0 aliphatic carbocycles. The molecule has 64 valence electrons. The molecule has 0 saturated heterocycles. The van der Waals surface area contributed by atoms with Crippen LogP contribution in [-0.4, -0.2) is 23.9 Å². The van der Waals surface area contributed by atoms with Crippen molar-refractivity contribution in [3.8, 4) is 0 Å². The fourth-order valence-corrected chi connectivity index (χ4v) is 0.551.